The molecule has 0 aliphatic rings. The highest BCUT2D eigenvalue weighted by atomic mass is 127. The lowest BCUT2D eigenvalue weighted by molar-refractivity contribution is 0.180. The van der Waals surface area contributed by atoms with Crippen molar-refractivity contribution in [1.29, 1.82) is 0 Å². The van der Waals surface area contributed by atoms with Crippen LogP contribution in [0.1, 0.15) is 23.0 Å². The summed E-state index contributed by atoms with van der Waals surface area (Å²) in [5.74, 6) is 1.55. The van der Waals surface area contributed by atoms with Gasteiger partial charge in [0.1, 0.15) is 5.76 Å². The predicted octanol–water partition coefficient (Wildman–Crippen LogP) is 4.07. The van der Waals surface area contributed by atoms with Gasteiger partial charge in [-0.3, -0.25) is 4.98 Å². The van der Waals surface area contributed by atoms with E-state index in [-0.39, 0.29) is 24.0 Å². The van der Waals surface area contributed by atoms with Crippen LogP contribution in [0.5, 0.6) is 0 Å². The van der Waals surface area contributed by atoms with Gasteiger partial charge in [-0.2, -0.15) is 0 Å². The topological polar surface area (TPSA) is 82.7 Å². The maximum Gasteiger partial charge on any atom is 0.191 e. The first-order chi connectivity index (χ1) is 13.7. The molecule has 29 heavy (non-hydrogen) atoms. The Hall–Kier alpha value is -1.91. The number of hydrogen-bond acceptors (Lipinski definition) is 4. The fourth-order valence-electron chi connectivity index (χ4n) is 2.59. The number of aliphatic imine (C=N–C) groups is 1. The molecule has 3 rings (SSSR count). The van der Waals surface area contributed by atoms with E-state index in [0.717, 1.165) is 27.8 Å². The van der Waals surface area contributed by atoms with Crippen molar-refractivity contribution < 1.29 is 9.52 Å². The molecule has 1 atom stereocenters. The second kappa shape index (κ2) is 12.6. The Morgan fingerprint density at radius 3 is 2.55 bits per heavy atom. The molecule has 154 valence electrons. The fourth-order valence-corrected chi connectivity index (χ4v) is 2.85. The first kappa shape index (κ1) is 23.4. The van der Waals surface area contributed by atoms with Crippen molar-refractivity contribution in [1.82, 2.24) is 15.6 Å². The highest BCUT2D eigenvalue weighted by Gasteiger charge is 2.08. The van der Waals surface area contributed by atoms with Gasteiger partial charge in [-0.1, -0.05) is 28.1 Å². The summed E-state index contributed by atoms with van der Waals surface area (Å²) < 4.78 is 6.40. The van der Waals surface area contributed by atoms with Gasteiger partial charge in [0.15, 0.2) is 5.96 Å². The summed E-state index contributed by atoms with van der Waals surface area (Å²) in [7, 11) is 0. The smallest absolute Gasteiger partial charge is 0.191 e. The molecule has 2 heterocycles. The zero-order valence-corrected chi connectivity index (χ0v) is 19.7. The molecule has 6 nitrogen and oxygen atoms in total. The Morgan fingerprint density at radius 1 is 1.10 bits per heavy atom. The second-order valence-corrected chi connectivity index (χ2v) is 7.14. The van der Waals surface area contributed by atoms with E-state index in [4.69, 9.17) is 4.42 Å². The number of hydrogen-bond donors (Lipinski definition) is 3. The van der Waals surface area contributed by atoms with Gasteiger partial charge in [-0.25, -0.2) is 4.99 Å². The average Bonchev–Trinajstić information content (AvgIpc) is 3.25. The number of nitrogens with one attached hydrogen (secondary N) is 2. The van der Waals surface area contributed by atoms with Crippen LogP contribution in [0.25, 0.3) is 0 Å². The molecule has 0 saturated heterocycles. The molecule has 8 heteroatoms. The number of pyridine rings is 1. The van der Waals surface area contributed by atoms with Gasteiger partial charge in [-0.15, -0.1) is 24.0 Å². The van der Waals surface area contributed by atoms with Crippen LogP contribution in [-0.4, -0.2) is 29.1 Å². The van der Waals surface area contributed by atoms with Crippen molar-refractivity contribution in [2.24, 2.45) is 4.99 Å². The molecule has 0 aliphatic heterocycles. The van der Waals surface area contributed by atoms with Gasteiger partial charge in [0.2, 0.25) is 0 Å². The number of benzene rings is 1. The maximum absolute atomic E-state index is 10.4. The average molecular weight is 571 g/mol. The minimum Gasteiger partial charge on any atom is -0.469 e. The maximum atomic E-state index is 10.4. The Labute approximate surface area is 196 Å². The lowest BCUT2D eigenvalue weighted by Gasteiger charge is -2.16. The summed E-state index contributed by atoms with van der Waals surface area (Å²) in [6.07, 6.45) is 5.11. The molecule has 3 aromatic rings. The third-order valence-corrected chi connectivity index (χ3v) is 4.66. The number of aliphatic hydroxyl groups excluding tert-OH is 1. The quantitative estimate of drug-likeness (QED) is 0.216. The van der Waals surface area contributed by atoms with Gasteiger partial charge in [-0.05, 0) is 47.5 Å². The summed E-state index contributed by atoms with van der Waals surface area (Å²) in [5, 5.41) is 16.9. The van der Waals surface area contributed by atoms with E-state index in [1.54, 1.807) is 30.8 Å². The molecular weight excluding hydrogens is 547 g/mol. The number of halogens is 2. The molecule has 0 spiro atoms. The normalized spacial score (nSPS) is 12.1. The number of furan rings is 1. The standard InChI is InChI=1S/C21H23BrN4O2.HI/c22-18-5-3-16(4-6-18)14-25-21(24-12-9-19-2-1-13-28-19)26-15-20(27)17-7-10-23-11-8-17;/h1-8,10-11,13,20,27H,9,12,14-15H2,(H2,24,25,26);1H. The Bertz CT molecular complexity index is 858. The van der Waals surface area contributed by atoms with Crippen molar-refractivity contribution in [2.45, 2.75) is 19.1 Å². The van der Waals surface area contributed by atoms with Gasteiger partial charge in [0.05, 0.1) is 18.9 Å². The molecule has 0 fully saturated rings. The molecule has 0 bridgehead atoms. The van der Waals surface area contributed by atoms with Crippen LogP contribution in [-0.2, 0) is 13.0 Å². The first-order valence-electron chi connectivity index (χ1n) is 9.08. The highest BCUT2D eigenvalue weighted by molar-refractivity contribution is 14.0. The number of guanidine groups is 1. The molecule has 0 amide bonds. The van der Waals surface area contributed by atoms with Crippen LogP contribution in [0.4, 0.5) is 0 Å². The molecule has 3 N–H and O–H groups in total. The van der Waals surface area contributed by atoms with Crippen molar-refractivity contribution in [3.05, 3.63) is 88.5 Å². The number of rotatable bonds is 8. The van der Waals surface area contributed by atoms with Crippen LogP contribution in [0.15, 0.2) is 81.1 Å². The Kier molecular flexibility index (Phi) is 10.2. The van der Waals surface area contributed by atoms with Crippen LogP contribution in [0.3, 0.4) is 0 Å². The summed E-state index contributed by atoms with van der Waals surface area (Å²) in [6.45, 7) is 1.55. The molecule has 2 aromatic heterocycles. The highest BCUT2D eigenvalue weighted by Crippen LogP contribution is 2.12. The van der Waals surface area contributed by atoms with E-state index < -0.39 is 6.10 Å². The first-order valence-corrected chi connectivity index (χ1v) is 9.87. The third kappa shape index (κ3) is 8.15. The van der Waals surface area contributed by atoms with Gasteiger partial charge < -0.3 is 20.2 Å². The van der Waals surface area contributed by atoms with E-state index >= 15 is 0 Å². The Morgan fingerprint density at radius 2 is 1.86 bits per heavy atom. The van der Waals surface area contributed by atoms with Crippen LogP contribution < -0.4 is 10.6 Å². The predicted molar refractivity (Wildman–Crippen MR) is 128 cm³/mol. The van der Waals surface area contributed by atoms with Crippen molar-refractivity contribution in [3.8, 4) is 0 Å². The Balaban J connectivity index is 0.00000300. The van der Waals surface area contributed by atoms with E-state index in [0.29, 0.717) is 25.6 Å². The van der Waals surface area contributed by atoms with Crippen LogP contribution >= 0.6 is 39.9 Å². The summed E-state index contributed by atoms with van der Waals surface area (Å²) >= 11 is 3.44. The third-order valence-electron chi connectivity index (χ3n) is 4.13. The van der Waals surface area contributed by atoms with Crippen LogP contribution in [0, 0.1) is 0 Å². The summed E-state index contributed by atoms with van der Waals surface area (Å²) in [5.41, 5.74) is 1.91. The van der Waals surface area contributed by atoms with Gasteiger partial charge in [0, 0.05) is 36.4 Å². The van der Waals surface area contributed by atoms with E-state index in [1.165, 1.54) is 0 Å². The minimum absolute atomic E-state index is 0. The van der Waals surface area contributed by atoms with Crippen molar-refractivity contribution in [2.75, 3.05) is 13.1 Å². The lowest BCUT2D eigenvalue weighted by Crippen LogP contribution is -2.40. The number of aromatic nitrogens is 1. The zero-order chi connectivity index (χ0) is 19.6. The minimum atomic E-state index is -0.646. The SMILES string of the molecule is I.OC(CNC(=NCc1ccc(Br)cc1)NCCc1ccco1)c1ccncc1. The van der Waals surface area contributed by atoms with E-state index in [1.807, 2.05) is 36.4 Å². The zero-order valence-electron chi connectivity index (χ0n) is 15.8. The summed E-state index contributed by atoms with van der Waals surface area (Å²) in [4.78, 5) is 8.61. The van der Waals surface area contributed by atoms with E-state index in [9.17, 15) is 5.11 Å². The largest absolute Gasteiger partial charge is 0.469 e. The van der Waals surface area contributed by atoms with Crippen molar-refractivity contribution >= 4 is 45.9 Å². The number of aliphatic hydroxyl groups is 1. The lowest BCUT2D eigenvalue weighted by atomic mass is 10.1. The summed E-state index contributed by atoms with van der Waals surface area (Å²) in [6, 6.07) is 15.5. The van der Waals surface area contributed by atoms with Gasteiger partial charge >= 0.3 is 0 Å². The van der Waals surface area contributed by atoms with Crippen LogP contribution in [0.2, 0.25) is 0 Å². The van der Waals surface area contributed by atoms with Gasteiger partial charge in [0.25, 0.3) is 0 Å². The molecule has 0 radical (unpaired) electrons. The molecule has 1 aromatic carbocycles. The van der Waals surface area contributed by atoms with E-state index in [2.05, 4.69) is 36.5 Å². The number of nitrogens with zero attached hydrogens (tertiary/aromatic N) is 2. The molecular formula is C21H24BrIN4O2. The molecule has 0 aliphatic carbocycles. The second-order valence-electron chi connectivity index (χ2n) is 6.22. The molecule has 0 saturated carbocycles. The fraction of sp³-hybridized carbons (Fsp3) is 0.238. The van der Waals surface area contributed by atoms with Crippen molar-refractivity contribution in [3.63, 3.8) is 0 Å². The molecule has 1 unspecified atom stereocenters. The monoisotopic (exact) mass is 570 g/mol.